The quantitative estimate of drug-likeness (QED) is 0.820. The Kier molecular flexibility index (Phi) is 4.68. The third-order valence-electron chi connectivity index (χ3n) is 3.21. The van der Waals surface area contributed by atoms with E-state index in [1.54, 1.807) is 6.07 Å². The predicted molar refractivity (Wildman–Crippen MR) is 70.3 cm³/mol. The standard InChI is InChI=1S/C14H17FN2O3/c15-11-3-1-2-10(6-11)7-13(19)16-8-14(20)17-5-4-12(18)9-17/h1-3,6,12,18H,4-5,7-9H2,(H,16,19)/t12-/m1/s1. The number of aliphatic hydroxyl groups is 1. The molecule has 5 nitrogen and oxygen atoms in total. The molecule has 108 valence electrons. The minimum Gasteiger partial charge on any atom is -0.391 e. The van der Waals surface area contributed by atoms with Gasteiger partial charge in [-0.25, -0.2) is 4.39 Å². The van der Waals surface area contributed by atoms with Crippen molar-refractivity contribution in [1.82, 2.24) is 10.2 Å². The van der Waals surface area contributed by atoms with Crippen LogP contribution in [0.25, 0.3) is 0 Å². The van der Waals surface area contributed by atoms with E-state index in [2.05, 4.69) is 5.32 Å². The Balaban J connectivity index is 1.76. The molecule has 0 spiro atoms. The molecule has 0 bridgehead atoms. The lowest BCUT2D eigenvalue weighted by Gasteiger charge is -2.15. The van der Waals surface area contributed by atoms with Gasteiger partial charge in [0.2, 0.25) is 11.8 Å². The van der Waals surface area contributed by atoms with E-state index in [1.165, 1.54) is 23.1 Å². The van der Waals surface area contributed by atoms with Crippen LogP contribution in [0.5, 0.6) is 0 Å². The van der Waals surface area contributed by atoms with Gasteiger partial charge in [0.1, 0.15) is 5.82 Å². The van der Waals surface area contributed by atoms with Crippen LogP contribution >= 0.6 is 0 Å². The molecule has 1 heterocycles. The molecule has 0 unspecified atom stereocenters. The van der Waals surface area contributed by atoms with Crippen molar-refractivity contribution in [1.29, 1.82) is 0 Å². The molecule has 1 aromatic rings. The summed E-state index contributed by atoms with van der Waals surface area (Å²) >= 11 is 0. The summed E-state index contributed by atoms with van der Waals surface area (Å²) in [7, 11) is 0. The van der Waals surface area contributed by atoms with Crippen molar-refractivity contribution < 1.29 is 19.1 Å². The van der Waals surface area contributed by atoms with Crippen LogP contribution in [0.2, 0.25) is 0 Å². The molecule has 1 saturated heterocycles. The van der Waals surface area contributed by atoms with Crippen molar-refractivity contribution in [3.05, 3.63) is 35.6 Å². The first kappa shape index (κ1) is 14.5. The molecule has 2 rings (SSSR count). The number of β-amino-alcohol motifs (C(OH)–C–C–N with tert-alkyl or cyclic N) is 1. The Bertz CT molecular complexity index is 507. The van der Waals surface area contributed by atoms with Gasteiger partial charge in [0.15, 0.2) is 0 Å². The second-order valence-electron chi connectivity index (χ2n) is 4.87. The predicted octanol–water partition coefficient (Wildman–Crippen LogP) is 0.0776. The van der Waals surface area contributed by atoms with E-state index < -0.39 is 11.9 Å². The van der Waals surface area contributed by atoms with Crippen molar-refractivity contribution >= 4 is 11.8 Å². The maximum Gasteiger partial charge on any atom is 0.242 e. The van der Waals surface area contributed by atoms with E-state index in [4.69, 9.17) is 0 Å². The number of nitrogens with zero attached hydrogens (tertiary/aromatic N) is 1. The lowest BCUT2D eigenvalue weighted by atomic mass is 10.1. The number of likely N-dealkylation sites (tertiary alicyclic amines) is 1. The molecular formula is C14H17FN2O3. The number of carbonyl (C=O) groups excluding carboxylic acids is 2. The molecule has 6 heteroatoms. The van der Waals surface area contributed by atoms with Gasteiger partial charge in [-0.3, -0.25) is 9.59 Å². The molecule has 0 saturated carbocycles. The third kappa shape index (κ3) is 4.03. The number of hydrogen-bond donors (Lipinski definition) is 2. The van der Waals surface area contributed by atoms with Crippen LogP contribution in [0.4, 0.5) is 4.39 Å². The van der Waals surface area contributed by atoms with Gasteiger partial charge in [-0.2, -0.15) is 0 Å². The normalized spacial score (nSPS) is 18.1. The summed E-state index contributed by atoms with van der Waals surface area (Å²) in [5, 5.41) is 11.8. The average molecular weight is 280 g/mol. The monoisotopic (exact) mass is 280 g/mol. The van der Waals surface area contributed by atoms with E-state index in [0.717, 1.165) is 0 Å². The lowest BCUT2D eigenvalue weighted by Crippen LogP contribution is -2.39. The molecular weight excluding hydrogens is 263 g/mol. The maximum absolute atomic E-state index is 13.0. The van der Waals surface area contributed by atoms with Gasteiger partial charge in [-0.1, -0.05) is 12.1 Å². The van der Waals surface area contributed by atoms with Crippen LogP contribution in [0, 0.1) is 5.82 Å². The average Bonchev–Trinajstić information content (AvgIpc) is 2.83. The highest BCUT2D eigenvalue weighted by Gasteiger charge is 2.24. The Labute approximate surface area is 116 Å². The minimum atomic E-state index is -0.470. The Morgan fingerprint density at radius 1 is 1.45 bits per heavy atom. The summed E-state index contributed by atoms with van der Waals surface area (Å²) in [5.41, 5.74) is 0.562. The molecule has 1 aliphatic rings. The maximum atomic E-state index is 13.0. The van der Waals surface area contributed by atoms with Gasteiger partial charge >= 0.3 is 0 Å². The molecule has 1 atom stereocenters. The van der Waals surface area contributed by atoms with Crippen LogP contribution in [-0.2, 0) is 16.0 Å². The summed E-state index contributed by atoms with van der Waals surface area (Å²) < 4.78 is 13.0. The topological polar surface area (TPSA) is 69.6 Å². The van der Waals surface area contributed by atoms with Gasteiger partial charge in [0.05, 0.1) is 19.1 Å². The van der Waals surface area contributed by atoms with Gasteiger partial charge in [-0.05, 0) is 24.1 Å². The second kappa shape index (κ2) is 6.47. The van der Waals surface area contributed by atoms with Crippen LogP contribution in [0.1, 0.15) is 12.0 Å². The highest BCUT2D eigenvalue weighted by molar-refractivity contribution is 5.85. The molecule has 1 aliphatic heterocycles. The molecule has 0 aromatic heterocycles. The van der Waals surface area contributed by atoms with E-state index in [1.807, 2.05) is 0 Å². The first-order valence-corrected chi connectivity index (χ1v) is 6.51. The fourth-order valence-electron chi connectivity index (χ4n) is 2.15. The zero-order valence-corrected chi connectivity index (χ0v) is 11.0. The zero-order chi connectivity index (χ0) is 14.5. The number of halogens is 1. The highest BCUT2D eigenvalue weighted by atomic mass is 19.1. The van der Waals surface area contributed by atoms with E-state index >= 15 is 0 Å². The zero-order valence-electron chi connectivity index (χ0n) is 11.0. The number of rotatable bonds is 4. The van der Waals surface area contributed by atoms with Gasteiger partial charge in [0.25, 0.3) is 0 Å². The Morgan fingerprint density at radius 2 is 2.25 bits per heavy atom. The summed E-state index contributed by atoms with van der Waals surface area (Å²) in [6, 6.07) is 5.79. The largest absolute Gasteiger partial charge is 0.391 e. The van der Waals surface area contributed by atoms with Crippen molar-refractivity contribution in [2.24, 2.45) is 0 Å². The summed E-state index contributed by atoms with van der Waals surface area (Å²) in [5.74, 6) is -0.935. The highest BCUT2D eigenvalue weighted by Crippen LogP contribution is 2.08. The number of amides is 2. The second-order valence-corrected chi connectivity index (χ2v) is 4.87. The molecule has 2 N–H and O–H groups in total. The third-order valence-corrected chi connectivity index (χ3v) is 3.21. The van der Waals surface area contributed by atoms with Crippen LogP contribution in [-0.4, -0.2) is 47.6 Å². The first-order valence-electron chi connectivity index (χ1n) is 6.51. The number of aliphatic hydroxyl groups excluding tert-OH is 1. The fourth-order valence-corrected chi connectivity index (χ4v) is 2.15. The van der Waals surface area contributed by atoms with Crippen molar-refractivity contribution in [2.45, 2.75) is 18.9 Å². The van der Waals surface area contributed by atoms with Gasteiger partial charge in [-0.15, -0.1) is 0 Å². The summed E-state index contributed by atoms with van der Waals surface area (Å²) in [6.07, 6.45) is 0.137. The van der Waals surface area contributed by atoms with E-state index in [9.17, 15) is 19.1 Å². The van der Waals surface area contributed by atoms with Crippen molar-refractivity contribution in [3.63, 3.8) is 0 Å². The number of nitrogens with one attached hydrogen (secondary N) is 1. The SMILES string of the molecule is O=C(Cc1cccc(F)c1)NCC(=O)N1CC[C@@H](O)C1. The Morgan fingerprint density at radius 3 is 2.90 bits per heavy atom. The fraction of sp³-hybridized carbons (Fsp3) is 0.429. The molecule has 1 aromatic carbocycles. The number of benzene rings is 1. The summed E-state index contributed by atoms with van der Waals surface area (Å²) in [6.45, 7) is 0.735. The molecule has 0 aliphatic carbocycles. The van der Waals surface area contributed by atoms with Crippen molar-refractivity contribution in [3.8, 4) is 0 Å². The van der Waals surface area contributed by atoms with E-state index in [-0.39, 0.29) is 24.8 Å². The van der Waals surface area contributed by atoms with Gasteiger partial charge < -0.3 is 15.3 Å². The van der Waals surface area contributed by atoms with Crippen LogP contribution in [0.15, 0.2) is 24.3 Å². The van der Waals surface area contributed by atoms with Gasteiger partial charge in [0, 0.05) is 13.1 Å². The smallest absolute Gasteiger partial charge is 0.242 e. The molecule has 0 radical (unpaired) electrons. The van der Waals surface area contributed by atoms with Crippen LogP contribution in [0.3, 0.4) is 0 Å². The first-order chi connectivity index (χ1) is 9.54. The number of carbonyl (C=O) groups is 2. The van der Waals surface area contributed by atoms with Crippen LogP contribution < -0.4 is 5.32 Å². The molecule has 2 amide bonds. The minimum absolute atomic E-state index is 0.0354. The van der Waals surface area contributed by atoms with Crippen molar-refractivity contribution in [2.75, 3.05) is 19.6 Å². The number of hydrogen-bond acceptors (Lipinski definition) is 3. The Hall–Kier alpha value is -1.95. The van der Waals surface area contributed by atoms with E-state index in [0.29, 0.717) is 25.1 Å². The lowest BCUT2D eigenvalue weighted by molar-refractivity contribution is -0.132. The summed E-state index contributed by atoms with van der Waals surface area (Å²) in [4.78, 5) is 24.9. The molecule has 20 heavy (non-hydrogen) atoms. The molecule has 1 fully saturated rings.